The van der Waals surface area contributed by atoms with Crippen LogP contribution in [0.5, 0.6) is 0 Å². The Morgan fingerprint density at radius 1 is 1.08 bits per heavy atom. The fraction of sp³-hybridized carbons (Fsp3) is 0.300. The number of para-hydroxylation sites is 1. The van der Waals surface area contributed by atoms with Gasteiger partial charge in [-0.2, -0.15) is 0 Å². The van der Waals surface area contributed by atoms with E-state index in [1.165, 1.54) is 17.0 Å². The molecule has 0 aliphatic heterocycles. The molecule has 2 atom stereocenters. The number of rotatable bonds is 5. The van der Waals surface area contributed by atoms with E-state index in [1.54, 1.807) is 31.3 Å². The molecule has 0 saturated heterocycles. The maximum atomic E-state index is 13.1. The predicted molar refractivity (Wildman–Crippen MR) is 94.6 cm³/mol. The van der Waals surface area contributed by atoms with Gasteiger partial charge in [0.2, 0.25) is 11.8 Å². The lowest BCUT2D eigenvalue weighted by Gasteiger charge is -2.38. The first-order valence-corrected chi connectivity index (χ1v) is 8.40. The zero-order valence-electron chi connectivity index (χ0n) is 14.1. The van der Waals surface area contributed by atoms with E-state index in [9.17, 15) is 14.0 Å². The van der Waals surface area contributed by atoms with Crippen molar-refractivity contribution in [3.8, 4) is 0 Å². The van der Waals surface area contributed by atoms with Gasteiger partial charge in [-0.15, -0.1) is 0 Å². The fourth-order valence-electron chi connectivity index (χ4n) is 3.20. The second kappa shape index (κ2) is 7.47. The van der Waals surface area contributed by atoms with Gasteiger partial charge in [-0.3, -0.25) is 9.59 Å². The van der Waals surface area contributed by atoms with Crippen molar-refractivity contribution in [1.29, 1.82) is 0 Å². The molecule has 0 heterocycles. The van der Waals surface area contributed by atoms with Crippen molar-refractivity contribution < 1.29 is 14.0 Å². The van der Waals surface area contributed by atoms with Crippen LogP contribution in [0.3, 0.4) is 0 Å². The lowest BCUT2D eigenvalue weighted by molar-refractivity contribution is -0.140. The van der Waals surface area contributed by atoms with E-state index in [4.69, 9.17) is 0 Å². The van der Waals surface area contributed by atoms with Gasteiger partial charge in [0, 0.05) is 18.7 Å². The fourth-order valence-corrected chi connectivity index (χ4v) is 3.20. The highest BCUT2D eigenvalue weighted by Gasteiger charge is 2.39. The van der Waals surface area contributed by atoms with Crippen LogP contribution in [0, 0.1) is 11.7 Å². The Labute approximate surface area is 146 Å². The molecule has 1 N–H and O–H groups in total. The molecular formula is C20H21FN2O2. The van der Waals surface area contributed by atoms with Crippen LogP contribution in [0.2, 0.25) is 0 Å². The molecule has 0 radical (unpaired) electrons. The van der Waals surface area contributed by atoms with Gasteiger partial charge in [0.1, 0.15) is 5.82 Å². The number of carbonyl (C=O) groups excluding carboxylic acids is 2. The van der Waals surface area contributed by atoms with Crippen molar-refractivity contribution >= 4 is 17.5 Å². The number of carbonyl (C=O) groups is 2. The first-order valence-electron chi connectivity index (χ1n) is 8.40. The van der Waals surface area contributed by atoms with Gasteiger partial charge in [0.15, 0.2) is 0 Å². The van der Waals surface area contributed by atoms with Crippen LogP contribution >= 0.6 is 0 Å². The van der Waals surface area contributed by atoms with Crippen molar-refractivity contribution in [3.63, 3.8) is 0 Å². The Morgan fingerprint density at radius 2 is 1.76 bits per heavy atom. The van der Waals surface area contributed by atoms with E-state index in [1.807, 2.05) is 18.2 Å². The maximum absolute atomic E-state index is 13.1. The summed E-state index contributed by atoms with van der Waals surface area (Å²) in [5.41, 5.74) is 1.69. The highest BCUT2D eigenvalue weighted by atomic mass is 19.1. The van der Waals surface area contributed by atoms with Crippen molar-refractivity contribution in [2.45, 2.75) is 18.8 Å². The lowest BCUT2D eigenvalue weighted by Crippen LogP contribution is -2.43. The smallest absolute Gasteiger partial charge is 0.243 e. The topological polar surface area (TPSA) is 49.4 Å². The summed E-state index contributed by atoms with van der Waals surface area (Å²) in [6.45, 7) is 0.0143. The number of hydrogen-bond donors (Lipinski definition) is 1. The molecule has 0 aromatic heterocycles. The molecule has 4 nitrogen and oxygen atoms in total. The van der Waals surface area contributed by atoms with Gasteiger partial charge >= 0.3 is 0 Å². The molecule has 2 unspecified atom stereocenters. The van der Waals surface area contributed by atoms with Crippen LogP contribution in [-0.2, 0) is 9.59 Å². The zero-order chi connectivity index (χ0) is 17.8. The van der Waals surface area contributed by atoms with Gasteiger partial charge in [-0.1, -0.05) is 30.3 Å². The molecule has 0 spiro atoms. The molecule has 2 aromatic carbocycles. The molecule has 1 aliphatic carbocycles. The number of benzene rings is 2. The van der Waals surface area contributed by atoms with Crippen molar-refractivity contribution in [2.24, 2.45) is 5.92 Å². The number of nitrogens with one attached hydrogen (secondary N) is 1. The van der Waals surface area contributed by atoms with Gasteiger partial charge < -0.3 is 10.2 Å². The van der Waals surface area contributed by atoms with E-state index in [-0.39, 0.29) is 36.0 Å². The number of halogens is 1. The summed E-state index contributed by atoms with van der Waals surface area (Å²) < 4.78 is 13.1. The molecule has 5 heteroatoms. The van der Waals surface area contributed by atoms with Crippen LogP contribution in [0.4, 0.5) is 10.1 Å². The second-order valence-electron chi connectivity index (χ2n) is 6.45. The monoisotopic (exact) mass is 340 g/mol. The van der Waals surface area contributed by atoms with Crippen LogP contribution in [0.25, 0.3) is 0 Å². The van der Waals surface area contributed by atoms with Crippen LogP contribution in [0.1, 0.15) is 24.3 Å². The number of hydrogen-bond acceptors (Lipinski definition) is 2. The summed E-state index contributed by atoms with van der Waals surface area (Å²) in [6.07, 6.45) is 1.71. The van der Waals surface area contributed by atoms with Crippen molar-refractivity contribution in [3.05, 3.63) is 66.0 Å². The van der Waals surface area contributed by atoms with Crippen LogP contribution < -0.4 is 5.32 Å². The quantitative estimate of drug-likeness (QED) is 0.907. The largest absolute Gasteiger partial charge is 0.336 e. The van der Waals surface area contributed by atoms with E-state index < -0.39 is 0 Å². The predicted octanol–water partition coefficient (Wildman–Crippen LogP) is 3.42. The molecule has 130 valence electrons. The Bertz CT molecular complexity index is 746. The number of anilines is 1. The standard InChI is InChI=1S/C20H21FN2O2/c1-23(13-19(24)22-16-5-3-2-4-6-16)20(25)18-12-11-17(18)14-7-9-15(21)10-8-14/h2-10,17-18H,11-13H2,1H3,(H,22,24). The molecule has 2 amide bonds. The number of amides is 2. The molecule has 0 bridgehead atoms. The minimum absolute atomic E-state index is 0.0143. The first kappa shape index (κ1) is 17.1. The summed E-state index contributed by atoms with van der Waals surface area (Å²) in [4.78, 5) is 26.2. The number of likely N-dealkylation sites (N-methyl/N-ethyl adjacent to an activating group) is 1. The highest BCUT2D eigenvalue weighted by Crippen LogP contribution is 2.43. The van der Waals surface area contributed by atoms with Crippen LogP contribution in [0.15, 0.2) is 54.6 Å². The Balaban J connectivity index is 1.57. The maximum Gasteiger partial charge on any atom is 0.243 e. The summed E-state index contributed by atoms with van der Waals surface area (Å²) in [6, 6.07) is 15.5. The Hall–Kier alpha value is -2.69. The second-order valence-corrected chi connectivity index (χ2v) is 6.45. The molecule has 25 heavy (non-hydrogen) atoms. The average Bonchev–Trinajstić information content (AvgIpc) is 2.56. The highest BCUT2D eigenvalue weighted by molar-refractivity contribution is 5.95. The van der Waals surface area contributed by atoms with Gasteiger partial charge in [-0.25, -0.2) is 4.39 Å². The zero-order valence-corrected chi connectivity index (χ0v) is 14.1. The summed E-state index contributed by atoms with van der Waals surface area (Å²) in [5.74, 6) is -0.572. The third kappa shape index (κ3) is 4.05. The SMILES string of the molecule is CN(CC(=O)Nc1ccccc1)C(=O)C1CCC1c1ccc(F)cc1. The van der Waals surface area contributed by atoms with Gasteiger partial charge in [0.25, 0.3) is 0 Å². The summed E-state index contributed by atoms with van der Waals surface area (Å²) in [7, 11) is 1.65. The third-order valence-electron chi connectivity index (χ3n) is 4.70. The molecule has 1 fully saturated rings. The van der Waals surface area contributed by atoms with E-state index in [0.717, 1.165) is 18.4 Å². The average molecular weight is 340 g/mol. The molecular weight excluding hydrogens is 319 g/mol. The van der Waals surface area contributed by atoms with E-state index >= 15 is 0 Å². The normalized spacial score (nSPS) is 19.0. The Kier molecular flexibility index (Phi) is 5.12. The molecule has 1 aliphatic rings. The molecule has 1 saturated carbocycles. The molecule has 2 aromatic rings. The van der Waals surface area contributed by atoms with Crippen molar-refractivity contribution in [1.82, 2.24) is 4.90 Å². The lowest BCUT2D eigenvalue weighted by atomic mass is 9.69. The first-order chi connectivity index (χ1) is 12.0. The minimum atomic E-state index is -0.277. The van der Waals surface area contributed by atoms with E-state index in [2.05, 4.69) is 5.32 Å². The summed E-state index contributed by atoms with van der Waals surface area (Å²) >= 11 is 0. The third-order valence-corrected chi connectivity index (χ3v) is 4.70. The van der Waals surface area contributed by atoms with Gasteiger partial charge in [0.05, 0.1) is 6.54 Å². The molecule has 3 rings (SSSR count). The van der Waals surface area contributed by atoms with E-state index in [0.29, 0.717) is 5.69 Å². The van der Waals surface area contributed by atoms with Crippen LogP contribution in [-0.4, -0.2) is 30.3 Å². The Morgan fingerprint density at radius 3 is 2.36 bits per heavy atom. The summed E-state index contributed by atoms with van der Waals surface area (Å²) in [5, 5.41) is 2.78. The minimum Gasteiger partial charge on any atom is -0.336 e. The van der Waals surface area contributed by atoms with Gasteiger partial charge in [-0.05, 0) is 48.6 Å². The van der Waals surface area contributed by atoms with Crippen molar-refractivity contribution in [2.75, 3.05) is 18.9 Å². The number of nitrogens with zero attached hydrogens (tertiary/aromatic N) is 1.